The van der Waals surface area contributed by atoms with Gasteiger partial charge in [0.1, 0.15) is 5.54 Å². The molecular formula is C23H19Cl2N3O3. The Hall–Kier alpha value is -2.41. The molecule has 6 rings (SSSR count). The third kappa shape index (κ3) is 2.20. The number of nitrogens with one attached hydrogen (secondary N) is 1. The molecule has 3 fully saturated rings. The van der Waals surface area contributed by atoms with Gasteiger partial charge < -0.3 is 5.32 Å². The van der Waals surface area contributed by atoms with Crippen LogP contribution in [-0.4, -0.2) is 35.2 Å². The Balaban J connectivity index is 1.57. The van der Waals surface area contributed by atoms with E-state index in [4.69, 9.17) is 23.2 Å². The quantitative estimate of drug-likeness (QED) is 0.665. The summed E-state index contributed by atoms with van der Waals surface area (Å²) in [6, 6.07) is 10.2. The highest BCUT2D eigenvalue weighted by molar-refractivity contribution is 6.33. The highest BCUT2D eigenvalue weighted by Gasteiger charge is 2.74. The van der Waals surface area contributed by atoms with E-state index in [0.717, 1.165) is 24.0 Å². The molecule has 4 heterocycles. The molecule has 0 bridgehead atoms. The van der Waals surface area contributed by atoms with Crippen LogP contribution < -0.4 is 10.2 Å². The molecule has 3 saturated heterocycles. The highest BCUT2D eigenvalue weighted by atomic mass is 35.5. The van der Waals surface area contributed by atoms with Crippen LogP contribution in [0.5, 0.6) is 0 Å². The van der Waals surface area contributed by atoms with Gasteiger partial charge in [-0.2, -0.15) is 0 Å². The van der Waals surface area contributed by atoms with Gasteiger partial charge in [0, 0.05) is 21.7 Å². The van der Waals surface area contributed by atoms with Gasteiger partial charge in [-0.25, -0.2) is 4.90 Å². The second-order valence-corrected chi connectivity index (χ2v) is 9.56. The topological polar surface area (TPSA) is 69.7 Å². The summed E-state index contributed by atoms with van der Waals surface area (Å²) in [5, 5.41) is 4.00. The summed E-state index contributed by atoms with van der Waals surface area (Å²) in [4.78, 5) is 44.4. The first-order valence-corrected chi connectivity index (χ1v) is 11.1. The van der Waals surface area contributed by atoms with Gasteiger partial charge in [0.2, 0.25) is 17.7 Å². The second-order valence-electron chi connectivity index (χ2n) is 8.71. The van der Waals surface area contributed by atoms with E-state index in [1.807, 2.05) is 13.0 Å². The van der Waals surface area contributed by atoms with Crippen LogP contribution >= 0.6 is 23.2 Å². The van der Waals surface area contributed by atoms with Crippen LogP contribution in [0.15, 0.2) is 36.4 Å². The Kier molecular flexibility index (Phi) is 3.93. The van der Waals surface area contributed by atoms with Crippen molar-refractivity contribution in [1.82, 2.24) is 4.90 Å². The number of hydrogen-bond acceptors (Lipinski definition) is 4. The van der Waals surface area contributed by atoms with Gasteiger partial charge in [0.15, 0.2) is 0 Å². The van der Waals surface area contributed by atoms with E-state index in [9.17, 15) is 14.4 Å². The van der Waals surface area contributed by atoms with Gasteiger partial charge in [0.05, 0.1) is 23.2 Å². The van der Waals surface area contributed by atoms with Gasteiger partial charge in [-0.05, 0) is 56.1 Å². The summed E-state index contributed by atoms with van der Waals surface area (Å²) in [5.41, 5.74) is 1.42. The Bertz CT molecular complexity index is 1200. The third-order valence-electron chi connectivity index (χ3n) is 7.43. The number of rotatable bonds is 1. The molecule has 6 nitrogen and oxygen atoms in total. The third-order valence-corrected chi connectivity index (χ3v) is 8.07. The summed E-state index contributed by atoms with van der Waals surface area (Å²) in [7, 11) is 0. The standard InChI is InChI=1S/C23H19Cl2N3O3/c1-11-15(25)8-7-14-19(11)26-22(31)23(14)18-17(16-6-3-9-27(16)23)20(29)28(21(18)30)13-5-2-4-12(24)10-13/h2,4-5,7-8,10,16-18H,3,6,9H2,1H3,(H,26,31)/t16-,17-,18+,23+/m1/s1. The number of benzene rings is 2. The number of amides is 3. The molecule has 2 aromatic rings. The number of hydrogen-bond donors (Lipinski definition) is 1. The number of carbonyl (C=O) groups excluding carboxylic acids is 3. The fourth-order valence-electron chi connectivity index (χ4n) is 6.26. The maximum Gasteiger partial charge on any atom is 0.250 e. The molecule has 0 radical (unpaired) electrons. The fourth-order valence-corrected chi connectivity index (χ4v) is 6.60. The van der Waals surface area contributed by atoms with Crippen LogP contribution in [0.2, 0.25) is 10.0 Å². The van der Waals surface area contributed by atoms with Crippen molar-refractivity contribution in [2.24, 2.45) is 11.8 Å². The molecular weight excluding hydrogens is 437 g/mol. The molecule has 158 valence electrons. The van der Waals surface area contributed by atoms with Crippen LogP contribution in [0, 0.1) is 18.8 Å². The lowest BCUT2D eigenvalue weighted by Crippen LogP contribution is -2.54. The minimum absolute atomic E-state index is 0.154. The molecule has 2 aromatic carbocycles. The number of imide groups is 1. The summed E-state index contributed by atoms with van der Waals surface area (Å²) >= 11 is 12.5. The lowest BCUT2D eigenvalue weighted by molar-refractivity contribution is -0.135. The summed E-state index contributed by atoms with van der Waals surface area (Å²) in [6.07, 6.45) is 1.66. The van der Waals surface area contributed by atoms with Crippen molar-refractivity contribution in [3.05, 3.63) is 57.6 Å². The lowest BCUT2D eigenvalue weighted by Gasteiger charge is -2.36. The van der Waals surface area contributed by atoms with Crippen LogP contribution in [0.4, 0.5) is 11.4 Å². The number of fused-ring (bicyclic) bond motifs is 7. The van der Waals surface area contributed by atoms with Crippen molar-refractivity contribution in [2.45, 2.75) is 31.3 Å². The largest absolute Gasteiger partial charge is 0.324 e. The minimum Gasteiger partial charge on any atom is -0.324 e. The Morgan fingerprint density at radius 3 is 2.68 bits per heavy atom. The van der Waals surface area contributed by atoms with E-state index in [1.54, 1.807) is 30.3 Å². The number of nitrogens with zero attached hydrogens (tertiary/aromatic N) is 2. The van der Waals surface area contributed by atoms with Gasteiger partial charge in [-0.1, -0.05) is 35.3 Å². The summed E-state index contributed by atoms with van der Waals surface area (Å²) in [5.74, 6) is -2.20. The fraction of sp³-hybridized carbons (Fsp3) is 0.348. The van der Waals surface area contributed by atoms with E-state index in [-0.39, 0.29) is 23.8 Å². The molecule has 1 spiro atoms. The average Bonchev–Trinajstić information content (AvgIpc) is 3.43. The molecule has 0 aromatic heterocycles. The summed E-state index contributed by atoms with van der Waals surface area (Å²) < 4.78 is 0. The average molecular weight is 456 g/mol. The predicted molar refractivity (Wildman–Crippen MR) is 117 cm³/mol. The van der Waals surface area contributed by atoms with E-state index >= 15 is 0 Å². The van der Waals surface area contributed by atoms with Crippen LogP contribution in [0.3, 0.4) is 0 Å². The first-order chi connectivity index (χ1) is 14.9. The molecule has 8 heteroatoms. The van der Waals surface area contributed by atoms with Gasteiger partial charge in [0.25, 0.3) is 0 Å². The zero-order valence-corrected chi connectivity index (χ0v) is 18.2. The first-order valence-electron chi connectivity index (χ1n) is 10.4. The van der Waals surface area contributed by atoms with Gasteiger partial charge in [-0.15, -0.1) is 0 Å². The Labute approximate surface area is 189 Å². The predicted octanol–water partition coefficient (Wildman–Crippen LogP) is 3.73. The minimum atomic E-state index is -1.20. The molecule has 3 amide bonds. The van der Waals surface area contributed by atoms with Gasteiger partial charge in [-0.3, -0.25) is 19.3 Å². The van der Waals surface area contributed by atoms with Crippen molar-refractivity contribution >= 4 is 52.3 Å². The zero-order chi connectivity index (χ0) is 21.7. The van der Waals surface area contributed by atoms with Crippen LogP contribution in [-0.2, 0) is 19.9 Å². The normalized spacial score (nSPS) is 31.4. The molecule has 31 heavy (non-hydrogen) atoms. The Morgan fingerprint density at radius 1 is 1.10 bits per heavy atom. The first kappa shape index (κ1) is 19.3. The van der Waals surface area contributed by atoms with Crippen molar-refractivity contribution in [2.75, 3.05) is 16.8 Å². The van der Waals surface area contributed by atoms with Gasteiger partial charge >= 0.3 is 0 Å². The van der Waals surface area contributed by atoms with Crippen LogP contribution in [0.1, 0.15) is 24.0 Å². The van der Waals surface area contributed by atoms with Crippen molar-refractivity contribution < 1.29 is 14.4 Å². The molecule has 4 aliphatic heterocycles. The van der Waals surface area contributed by atoms with Crippen LogP contribution in [0.25, 0.3) is 0 Å². The lowest BCUT2D eigenvalue weighted by atomic mass is 9.75. The molecule has 0 saturated carbocycles. The maximum atomic E-state index is 13.8. The molecule has 1 N–H and O–H groups in total. The monoisotopic (exact) mass is 455 g/mol. The van der Waals surface area contributed by atoms with Crippen molar-refractivity contribution in [3.8, 4) is 0 Å². The molecule has 0 aliphatic carbocycles. The number of halogens is 2. The molecule has 4 aliphatic rings. The Morgan fingerprint density at radius 2 is 1.90 bits per heavy atom. The maximum absolute atomic E-state index is 13.8. The number of carbonyl (C=O) groups is 3. The summed E-state index contributed by atoms with van der Waals surface area (Å²) in [6.45, 7) is 2.53. The molecule has 0 unspecified atom stereocenters. The van der Waals surface area contributed by atoms with Crippen molar-refractivity contribution in [3.63, 3.8) is 0 Å². The zero-order valence-electron chi connectivity index (χ0n) is 16.7. The second kappa shape index (κ2) is 6.31. The van der Waals surface area contributed by atoms with E-state index in [1.165, 1.54) is 4.90 Å². The smallest absolute Gasteiger partial charge is 0.250 e. The van der Waals surface area contributed by atoms with E-state index < -0.39 is 17.4 Å². The highest BCUT2D eigenvalue weighted by Crippen LogP contribution is 2.61. The molecule has 4 atom stereocenters. The van der Waals surface area contributed by atoms with E-state index in [2.05, 4.69) is 10.2 Å². The van der Waals surface area contributed by atoms with E-state index in [0.29, 0.717) is 28.0 Å². The number of anilines is 2. The van der Waals surface area contributed by atoms with Crippen molar-refractivity contribution in [1.29, 1.82) is 0 Å². The SMILES string of the molecule is Cc1c(Cl)ccc2c1NC(=O)[C@@]21[C@@H]2C(=O)N(c3cccc(Cl)c3)C(=O)[C@@H]2[C@H]2CCCN21.